The maximum atomic E-state index is 13.6. The topological polar surface area (TPSA) is 52.6 Å². The molecule has 2 heterocycles. The highest BCUT2D eigenvalue weighted by atomic mass is 16.5. The van der Waals surface area contributed by atoms with E-state index in [2.05, 4.69) is 13.8 Å². The zero-order valence-corrected chi connectivity index (χ0v) is 17.5. The van der Waals surface area contributed by atoms with Gasteiger partial charge in [0, 0.05) is 6.42 Å². The number of ketones is 1. The van der Waals surface area contributed by atoms with Crippen molar-refractivity contribution >= 4 is 11.8 Å². The zero-order valence-electron chi connectivity index (χ0n) is 17.5. The second kappa shape index (κ2) is 6.86. The van der Waals surface area contributed by atoms with Crippen molar-refractivity contribution in [1.82, 2.24) is 0 Å². The fourth-order valence-corrected chi connectivity index (χ4v) is 7.53. The van der Waals surface area contributed by atoms with E-state index < -0.39 is 5.60 Å². The minimum absolute atomic E-state index is 0.0979. The quantitative estimate of drug-likeness (QED) is 0.664. The van der Waals surface area contributed by atoms with Crippen LogP contribution in [0.25, 0.3) is 0 Å². The van der Waals surface area contributed by atoms with Gasteiger partial charge in [-0.2, -0.15) is 0 Å². The van der Waals surface area contributed by atoms with Crippen LogP contribution in [0.3, 0.4) is 0 Å². The molecule has 4 nitrogen and oxygen atoms in total. The van der Waals surface area contributed by atoms with Crippen LogP contribution in [0.1, 0.15) is 78.6 Å². The fourth-order valence-electron chi connectivity index (χ4n) is 7.53. The normalized spacial score (nSPS) is 48.0. The van der Waals surface area contributed by atoms with Gasteiger partial charge in [-0.15, -0.1) is 0 Å². The van der Waals surface area contributed by atoms with Crippen LogP contribution in [-0.4, -0.2) is 30.6 Å². The third-order valence-corrected chi connectivity index (χ3v) is 8.84. The lowest BCUT2D eigenvalue weighted by molar-refractivity contribution is -0.213. The van der Waals surface area contributed by atoms with Gasteiger partial charge in [0.05, 0.1) is 19.1 Å². The van der Waals surface area contributed by atoms with E-state index in [1.54, 1.807) is 0 Å². The van der Waals surface area contributed by atoms with Crippen molar-refractivity contribution < 1.29 is 19.1 Å². The highest BCUT2D eigenvalue weighted by Crippen LogP contribution is 2.64. The molecular formula is C23H36O4. The molecule has 4 rings (SSSR count). The average Bonchev–Trinajstić information content (AvgIpc) is 2.96. The largest absolute Gasteiger partial charge is 0.469 e. The van der Waals surface area contributed by atoms with Gasteiger partial charge in [-0.3, -0.25) is 9.59 Å². The van der Waals surface area contributed by atoms with Gasteiger partial charge in [0.1, 0.15) is 5.60 Å². The lowest BCUT2D eigenvalue weighted by Crippen LogP contribution is -2.62. The minimum Gasteiger partial charge on any atom is -0.469 e. The molecule has 0 aromatic rings. The van der Waals surface area contributed by atoms with Crippen LogP contribution in [0, 0.1) is 35.0 Å². The summed E-state index contributed by atoms with van der Waals surface area (Å²) in [4.78, 5) is 25.9. The van der Waals surface area contributed by atoms with Crippen LogP contribution < -0.4 is 0 Å². The Morgan fingerprint density at radius 2 is 1.93 bits per heavy atom. The smallest absolute Gasteiger partial charge is 0.308 e. The number of rotatable bonds is 2. The summed E-state index contributed by atoms with van der Waals surface area (Å²) in [7, 11) is 1.47. The van der Waals surface area contributed by atoms with Crippen molar-refractivity contribution in [3.05, 3.63) is 0 Å². The van der Waals surface area contributed by atoms with Gasteiger partial charge in [0.15, 0.2) is 5.78 Å². The number of carbonyl (C=O) groups excluding carboxylic acids is 2. The Balaban J connectivity index is 1.69. The van der Waals surface area contributed by atoms with Crippen LogP contribution in [0.4, 0.5) is 0 Å². The highest BCUT2D eigenvalue weighted by molar-refractivity contribution is 5.90. The second-order valence-electron chi connectivity index (χ2n) is 10.3. The molecule has 0 unspecified atom stereocenters. The molecule has 152 valence electrons. The first kappa shape index (κ1) is 19.4. The molecule has 0 aromatic heterocycles. The Morgan fingerprint density at radius 3 is 2.67 bits per heavy atom. The molecule has 2 saturated carbocycles. The summed E-state index contributed by atoms with van der Waals surface area (Å²) in [6.07, 6.45) is 9.50. The van der Waals surface area contributed by atoms with E-state index >= 15 is 0 Å². The lowest BCUT2D eigenvalue weighted by atomic mass is 9.52. The van der Waals surface area contributed by atoms with Crippen LogP contribution >= 0.6 is 0 Å². The van der Waals surface area contributed by atoms with E-state index in [4.69, 9.17) is 9.47 Å². The van der Waals surface area contributed by atoms with Crippen LogP contribution in [0.2, 0.25) is 0 Å². The number of fused-ring (bicyclic) bond motifs is 3. The number of ether oxygens (including phenoxy) is 2. The molecule has 0 N–H and O–H groups in total. The number of hydrogen-bond donors (Lipinski definition) is 0. The predicted octanol–water partition coefficient (Wildman–Crippen LogP) is 4.54. The molecule has 4 aliphatic rings. The minimum atomic E-state index is -0.531. The number of hydrogen-bond acceptors (Lipinski definition) is 4. The maximum absolute atomic E-state index is 13.6. The van der Waals surface area contributed by atoms with Gasteiger partial charge >= 0.3 is 5.97 Å². The molecule has 27 heavy (non-hydrogen) atoms. The van der Waals surface area contributed by atoms with Crippen molar-refractivity contribution in [1.29, 1.82) is 0 Å². The Hall–Kier alpha value is -0.900. The molecule has 4 fully saturated rings. The van der Waals surface area contributed by atoms with Gasteiger partial charge in [-0.05, 0) is 74.0 Å². The molecule has 8 atom stereocenters. The second-order valence-corrected chi connectivity index (χ2v) is 10.3. The Labute approximate surface area is 163 Å². The summed E-state index contributed by atoms with van der Waals surface area (Å²) >= 11 is 0. The van der Waals surface area contributed by atoms with E-state index in [1.807, 2.05) is 6.92 Å². The maximum Gasteiger partial charge on any atom is 0.308 e. The van der Waals surface area contributed by atoms with Gasteiger partial charge in [0.25, 0.3) is 0 Å². The van der Waals surface area contributed by atoms with Crippen molar-refractivity contribution in [2.45, 2.75) is 90.3 Å². The fraction of sp³-hybridized carbons (Fsp3) is 0.913. The van der Waals surface area contributed by atoms with E-state index in [1.165, 1.54) is 13.5 Å². The van der Waals surface area contributed by atoms with E-state index in [0.717, 1.165) is 44.9 Å². The summed E-state index contributed by atoms with van der Waals surface area (Å²) in [5.41, 5.74) is -0.629. The molecule has 0 aromatic carbocycles. The highest BCUT2D eigenvalue weighted by Gasteiger charge is 2.65. The monoisotopic (exact) mass is 376 g/mol. The van der Waals surface area contributed by atoms with Crippen LogP contribution in [-0.2, 0) is 19.1 Å². The number of esters is 1. The Morgan fingerprint density at radius 1 is 1.19 bits per heavy atom. The third kappa shape index (κ3) is 2.89. The first-order chi connectivity index (χ1) is 12.8. The summed E-state index contributed by atoms with van der Waals surface area (Å²) in [6, 6.07) is 0. The Kier molecular flexibility index (Phi) is 4.93. The molecule has 4 heteroatoms. The van der Waals surface area contributed by atoms with E-state index in [-0.39, 0.29) is 29.3 Å². The molecule has 2 aliphatic heterocycles. The van der Waals surface area contributed by atoms with E-state index in [9.17, 15) is 9.59 Å². The van der Waals surface area contributed by atoms with Crippen LogP contribution in [0.5, 0.6) is 0 Å². The van der Waals surface area contributed by atoms with E-state index in [0.29, 0.717) is 30.0 Å². The van der Waals surface area contributed by atoms with Gasteiger partial charge < -0.3 is 9.47 Å². The van der Waals surface area contributed by atoms with Crippen LogP contribution in [0.15, 0.2) is 0 Å². The van der Waals surface area contributed by atoms with Crippen molar-refractivity contribution in [3.63, 3.8) is 0 Å². The van der Waals surface area contributed by atoms with Crippen molar-refractivity contribution in [2.24, 2.45) is 35.0 Å². The Bertz CT molecular complexity index is 615. The lowest BCUT2D eigenvalue weighted by Gasteiger charge is -2.57. The predicted molar refractivity (Wildman–Crippen MR) is 103 cm³/mol. The molecular weight excluding hydrogens is 340 g/mol. The molecule has 0 radical (unpaired) electrons. The molecule has 2 bridgehead atoms. The first-order valence-corrected chi connectivity index (χ1v) is 11.1. The molecule has 0 amide bonds. The molecule has 2 saturated heterocycles. The van der Waals surface area contributed by atoms with Gasteiger partial charge in [-0.1, -0.05) is 27.2 Å². The zero-order chi connectivity index (χ0) is 19.4. The third-order valence-electron chi connectivity index (χ3n) is 8.84. The molecule has 1 spiro atoms. The number of carbonyl (C=O) groups is 2. The van der Waals surface area contributed by atoms with Crippen molar-refractivity contribution in [2.75, 3.05) is 7.11 Å². The average molecular weight is 377 g/mol. The van der Waals surface area contributed by atoms with Gasteiger partial charge in [-0.25, -0.2) is 0 Å². The summed E-state index contributed by atoms with van der Waals surface area (Å²) in [5.74, 6) is 1.77. The summed E-state index contributed by atoms with van der Waals surface area (Å²) in [6.45, 7) is 6.61. The summed E-state index contributed by atoms with van der Waals surface area (Å²) < 4.78 is 11.7. The van der Waals surface area contributed by atoms with Crippen molar-refractivity contribution in [3.8, 4) is 0 Å². The number of methoxy groups -OCH3 is 1. The molecule has 2 aliphatic carbocycles. The van der Waals surface area contributed by atoms with Gasteiger partial charge in [0.2, 0.25) is 0 Å². The first-order valence-electron chi connectivity index (χ1n) is 11.1. The summed E-state index contributed by atoms with van der Waals surface area (Å²) in [5, 5.41) is 0. The number of Topliss-reactive ketones (excluding diaryl/α,β-unsaturated/α-hetero) is 1. The standard InChI is InChI=1S/C23H36O4/c1-14-7-8-19-18-10-9-17(15(2)21(25)26-4)22(18,3)13-20(24)23(19)11-5-6-16(12-14)27-23/h14-19H,5-13H2,1-4H3/t14-,15+,16-,17+,18-,19+,22-,23+/m1/s1. The SMILES string of the molecule is COC(=O)[C@@H](C)[C@@H]1CC[C@@H]2[C@@H]3CC[C@@H](C)C[C@H]4CCC[C@@]3(O4)C(=O)C[C@@]21C.